The molecule has 0 N–H and O–H groups in total. The number of halogens is 4. The standard InChI is InChI=1S/C8H14BrF3/c1-2-7(4-3-5-9)6-8(10,11)12/h7H,2-6H2,1H3. The van der Waals surface area contributed by atoms with E-state index in [4.69, 9.17) is 0 Å². The Morgan fingerprint density at radius 2 is 1.92 bits per heavy atom. The fourth-order valence-electron chi connectivity index (χ4n) is 1.14. The van der Waals surface area contributed by atoms with Gasteiger partial charge in [-0.15, -0.1) is 0 Å². The van der Waals surface area contributed by atoms with E-state index in [-0.39, 0.29) is 5.92 Å². The highest BCUT2D eigenvalue weighted by Crippen LogP contribution is 2.29. The van der Waals surface area contributed by atoms with Crippen molar-refractivity contribution in [3.05, 3.63) is 0 Å². The van der Waals surface area contributed by atoms with Crippen LogP contribution in [0.15, 0.2) is 0 Å². The van der Waals surface area contributed by atoms with Gasteiger partial charge in [-0.1, -0.05) is 29.3 Å². The molecule has 0 aromatic heterocycles. The summed E-state index contributed by atoms with van der Waals surface area (Å²) in [6.45, 7) is 1.81. The minimum Gasteiger partial charge on any atom is -0.171 e. The molecule has 0 heterocycles. The summed E-state index contributed by atoms with van der Waals surface area (Å²) in [5.41, 5.74) is 0. The van der Waals surface area contributed by atoms with E-state index in [9.17, 15) is 13.2 Å². The van der Waals surface area contributed by atoms with Crippen LogP contribution in [0.3, 0.4) is 0 Å². The van der Waals surface area contributed by atoms with Crippen molar-refractivity contribution in [1.29, 1.82) is 0 Å². The van der Waals surface area contributed by atoms with Crippen molar-refractivity contribution in [2.24, 2.45) is 5.92 Å². The molecule has 74 valence electrons. The molecule has 0 saturated carbocycles. The molecule has 4 heteroatoms. The van der Waals surface area contributed by atoms with Gasteiger partial charge in [0.05, 0.1) is 0 Å². The fourth-order valence-corrected chi connectivity index (χ4v) is 1.47. The quantitative estimate of drug-likeness (QED) is 0.640. The third-order valence-electron chi connectivity index (χ3n) is 1.84. The molecule has 0 aliphatic heterocycles. The Morgan fingerprint density at radius 3 is 2.25 bits per heavy atom. The highest BCUT2D eigenvalue weighted by Gasteiger charge is 2.30. The summed E-state index contributed by atoms with van der Waals surface area (Å²) in [5.74, 6) is -0.192. The maximum absolute atomic E-state index is 11.9. The van der Waals surface area contributed by atoms with E-state index >= 15 is 0 Å². The minimum atomic E-state index is -3.99. The van der Waals surface area contributed by atoms with E-state index in [1.807, 2.05) is 6.92 Å². The average molecular weight is 247 g/mol. The van der Waals surface area contributed by atoms with E-state index in [0.717, 1.165) is 11.8 Å². The molecular weight excluding hydrogens is 233 g/mol. The van der Waals surface area contributed by atoms with E-state index in [1.165, 1.54) is 0 Å². The number of hydrogen-bond donors (Lipinski definition) is 0. The summed E-state index contributed by atoms with van der Waals surface area (Å²) < 4.78 is 35.7. The van der Waals surface area contributed by atoms with Crippen LogP contribution in [0, 0.1) is 5.92 Å². The monoisotopic (exact) mass is 246 g/mol. The van der Waals surface area contributed by atoms with Gasteiger partial charge in [-0.2, -0.15) is 13.2 Å². The summed E-state index contributed by atoms with van der Waals surface area (Å²) in [6, 6.07) is 0. The highest BCUT2D eigenvalue weighted by atomic mass is 79.9. The molecule has 0 nitrogen and oxygen atoms in total. The molecule has 12 heavy (non-hydrogen) atoms. The minimum absolute atomic E-state index is 0.192. The molecule has 0 radical (unpaired) electrons. The van der Waals surface area contributed by atoms with Crippen molar-refractivity contribution in [3.8, 4) is 0 Å². The van der Waals surface area contributed by atoms with Crippen molar-refractivity contribution in [2.45, 2.75) is 38.8 Å². The summed E-state index contributed by atoms with van der Waals surface area (Å²) in [7, 11) is 0. The third kappa shape index (κ3) is 6.95. The number of alkyl halides is 4. The van der Waals surface area contributed by atoms with Crippen LogP contribution in [-0.2, 0) is 0 Å². The van der Waals surface area contributed by atoms with Crippen molar-refractivity contribution in [2.75, 3.05) is 5.33 Å². The van der Waals surface area contributed by atoms with Gasteiger partial charge in [0, 0.05) is 11.8 Å². The predicted octanol–water partition coefficient (Wildman–Crippen LogP) is 4.14. The summed E-state index contributed by atoms with van der Waals surface area (Å²) >= 11 is 3.21. The molecule has 0 saturated heterocycles. The van der Waals surface area contributed by atoms with Gasteiger partial charge in [0.15, 0.2) is 0 Å². The first kappa shape index (κ1) is 12.3. The Morgan fingerprint density at radius 1 is 1.33 bits per heavy atom. The first-order valence-corrected chi connectivity index (χ1v) is 5.24. The molecule has 1 atom stereocenters. The van der Waals surface area contributed by atoms with Gasteiger partial charge >= 0.3 is 6.18 Å². The second-order valence-corrected chi connectivity index (χ2v) is 3.72. The second-order valence-electron chi connectivity index (χ2n) is 2.92. The molecule has 0 aliphatic rings. The lowest BCUT2D eigenvalue weighted by Crippen LogP contribution is -2.14. The maximum Gasteiger partial charge on any atom is 0.389 e. The normalized spacial score (nSPS) is 14.8. The first-order valence-electron chi connectivity index (χ1n) is 4.12. The smallest absolute Gasteiger partial charge is 0.171 e. The van der Waals surface area contributed by atoms with E-state index in [0.29, 0.717) is 12.8 Å². The summed E-state index contributed by atoms with van der Waals surface area (Å²) in [6.07, 6.45) is -2.51. The van der Waals surface area contributed by atoms with E-state index < -0.39 is 12.6 Å². The zero-order valence-corrected chi connectivity index (χ0v) is 8.71. The van der Waals surface area contributed by atoms with E-state index in [1.54, 1.807) is 0 Å². The van der Waals surface area contributed by atoms with Crippen LogP contribution >= 0.6 is 15.9 Å². The Labute approximate surface area is 79.7 Å². The Hall–Kier alpha value is 0.270. The van der Waals surface area contributed by atoms with Crippen LogP contribution in [0.2, 0.25) is 0 Å². The topological polar surface area (TPSA) is 0 Å². The largest absolute Gasteiger partial charge is 0.389 e. The van der Waals surface area contributed by atoms with Gasteiger partial charge < -0.3 is 0 Å². The second kappa shape index (κ2) is 5.84. The summed E-state index contributed by atoms with van der Waals surface area (Å²) in [5, 5.41) is 0.793. The third-order valence-corrected chi connectivity index (χ3v) is 2.40. The van der Waals surface area contributed by atoms with Crippen molar-refractivity contribution in [1.82, 2.24) is 0 Å². The van der Waals surface area contributed by atoms with Crippen LogP contribution in [0.25, 0.3) is 0 Å². The lowest BCUT2D eigenvalue weighted by Gasteiger charge is -2.15. The number of rotatable bonds is 5. The first-order chi connectivity index (χ1) is 5.49. The maximum atomic E-state index is 11.9. The van der Waals surface area contributed by atoms with Gasteiger partial charge in [0.1, 0.15) is 0 Å². The van der Waals surface area contributed by atoms with Crippen LogP contribution in [0.5, 0.6) is 0 Å². The van der Waals surface area contributed by atoms with Crippen LogP contribution in [-0.4, -0.2) is 11.5 Å². The van der Waals surface area contributed by atoms with Crippen molar-refractivity contribution in [3.63, 3.8) is 0 Å². The molecule has 1 unspecified atom stereocenters. The lowest BCUT2D eigenvalue weighted by molar-refractivity contribution is -0.145. The Bertz CT molecular complexity index is 111. The highest BCUT2D eigenvalue weighted by molar-refractivity contribution is 9.09. The predicted molar refractivity (Wildman–Crippen MR) is 47.5 cm³/mol. The molecule has 0 spiro atoms. The molecule has 0 aromatic rings. The van der Waals surface area contributed by atoms with Gasteiger partial charge in [0.25, 0.3) is 0 Å². The summed E-state index contributed by atoms with van der Waals surface area (Å²) in [4.78, 5) is 0. The molecule has 0 rings (SSSR count). The Kier molecular flexibility index (Phi) is 5.97. The van der Waals surface area contributed by atoms with Crippen LogP contribution in [0.1, 0.15) is 32.6 Å². The van der Waals surface area contributed by atoms with Crippen molar-refractivity contribution >= 4 is 15.9 Å². The number of hydrogen-bond acceptors (Lipinski definition) is 0. The zero-order valence-electron chi connectivity index (χ0n) is 7.12. The van der Waals surface area contributed by atoms with Gasteiger partial charge in [-0.3, -0.25) is 0 Å². The van der Waals surface area contributed by atoms with Gasteiger partial charge in [-0.05, 0) is 18.8 Å². The molecule has 0 aliphatic carbocycles. The molecule has 0 bridgehead atoms. The fraction of sp³-hybridized carbons (Fsp3) is 1.00. The molecule has 0 aromatic carbocycles. The van der Waals surface area contributed by atoms with Gasteiger partial charge in [-0.25, -0.2) is 0 Å². The zero-order chi connectivity index (χ0) is 9.61. The SMILES string of the molecule is CCC(CCCBr)CC(F)(F)F. The van der Waals surface area contributed by atoms with Gasteiger partial charge in [0.2, 0.25) is 0 Å². The van der Waals surface area contributed by atoms with Crippen LogP contribution < -0.4 is 0 Å². The lowest BCUT2D eigenvalue weighted by atomic mass is 9.97. The van der Waals surface area contributed by atoms with Crippen LogP contribution in [0.4, 0.5) is 13.2 Å². The van der Waals surface area contributed by atoms with Crippen molar-refractivity contribution < 1.29 is 13.2 Å². The molecule has 0 fully saturated rings. The Balaban J connectivity index is 3.67. The molecular formula is C8H14BrF3. The molecule has 0 amide bonds. The average Bonchev–Trinajstić information content (AvgIpc) is 1.95. The van der Waals surface area contributed by atoms with E-state index in [2.05, 4.69) is 15.9 Å².